The van der Waals surface area contributed by atoms with Crippen LogP contribution in [0.2, 0.25) is 10.0 Å². The highest BCUT2D eigenvalue weighted by Crippen LogP contribution is 2.28. The van der Waals surface area contributed by atoms with Crippen molar-refractivity contribution in [3.05, 3.63) is 58.6 Å². The molecular weight excluding hydrogens is 455 g/mol. The van der Waals surface area contributed by atoms with Gasteiger partial charge in [-0.3, -0.25) is 14.4 Å². The molecule has 0 saturated carbocycles. The number of carbonyl (C=O) groups is 1. The Hall–Kier alpha value is -2.20. The maximum Gasteiger partial charge on any atom is 0.249 e. The van der Waals surface area contributed by atoms with Crippen LogP contribution in [0.1, 0.15) is 6.92 Å². The minimum absolute atomic E-state index is 0.256. The molecule has 29 heavy (non-hydrogen) atoms. The number of aromatic nitrogens is 2. The molecule has 7 nitrogen and oxygen atoms in total. The number of hydrogen-bond donors (Lipinski definition) is 1. The van der Waals surface area contributed by atoms with Crippen molar-refractivity contribution >= 4 is 61.3 Å². The fraction of sp³-hybridized carbons (Fsp3) is 0.167. The first kappa shape index (κ1) is 21.5. The Morgan fingerprint density at radius 2 is 1.79 bits per heavy atom. The summed E-state index contributed by atoms with van der Waals surface area (Å²) in [5.74, 6) is -0.547. The Bertz CT molecular complexity index is 1130. The minimum Gasteiger partial charge on any atom is -0.299 e. The summed E-state index contributed by atoms with van der Waals surface area (Å²) in [7, 11) is -3.74. The van der Waals surface area contributed by atoms with Gasteiger partial charge < -0.3 is 0 Å². The molecule has 0 saturated heterocycles. The molecular formula is C18H16Cl2N4O3S2. The number of sulfonamides is 1. The summed E-state index contributed by atoms with van der Waals surface area (Å²) in [6.07, 6.45) is 1.03. The minimum atomic E-state index is -3.74. The Balaban J connectivity index is 1.81. The molecule has 1 heterocycles. The summed E-state index contributed by atoms with van der Waals surface area (Å²) in [4.78, 5) is 12.7. The second-order valence-electron chi connectivity index (χ2n) is 6.12. The lowest BCUT2D eigenvalue weighted by atomic mass is 10.2. The van der Waals surface area contributed by atoms with Crippen LogP contribution in [0.3, 0.4) is 0 Å². The van der Waals surface area contributed by atoms with Gasteiger partial charge in [0.1, 0.15) is 11.0 Å². The van der Waals surface area contributed by atoms with Gasteiger partial charge in [-0.2, -0.15) is 0 Å². The van der Waals surface area contributed by atoms with Gasteiger partial charge >= 0.3 is 0 Å². The third-order valence-corrected chi connectivity index (χ3v) is 6.51. The van der Waals surface area contributed by atoms with E-state index in [-0.39, 0.29) is 5.13 Å². The molecule has 0 bridgehead atoms. The highest BCUT2D eigenvalue weighted by atomic mass is 35.5. The topological polar surface area (TPSA) is 92.3 Å². The van der Waals surface area contributed by atoms with Crippen LogP contribution in [0.4, 0.5) is 10.8 Å². The molecule has 3 rings (SSSR count). The molecule has 0 unspecified atom stereocenters. The van der Waals surface area contributed by atoms with Crippen LogP contribution < -0.4 is 9.62 Å². The number of amides is 1. The number of carbonyl (C=O) groups excluding carboxylic acids is 1. The van der Waals surface area contributed by atoms with Gasteiger partial charge in [-0.25, -0.2) is 8.42 Å². The van der Waals surface area contributed by atoms with Gasteiger partial charge in [0.25, 0.3) is 0 Å². The number of halogens is 2. The van der Waals surface area contributed by atoms with E-state index < -0.39 is 22.0 Å². The number of benzene rings is 2. The highest BCUT2D eigenvalue weighted by Gasteiger charge is 2.30. The molecule has 1 amide bonds. The fourth-order valence-corrected chi connectivity index (χ4v) is 4.84. The van der Waals surface area contributed by atoms with Crippen molar-refractivity contribution in [3.8, 4) is 10.6 Å². The van der Waals surface area contributed by atoms with Gasteiger partial charge in [-0.1, -0.05) is 52.7 Å². The number of nitrogens with zero attached hydrogens (tertiary/aromatic N) is 3. The highest BCUT2D eigenvalue weighted by molar-refractivity contribution is 7.92. The van der Waals surface area contributed by atoms with Crippen molar-refractivity contribution in [1.82, 2.24) is 10.2 Å². The molecule has 3 aromatic rings. The molecule has 0 fully saturated rings. The number of nitrogens with one attached hydrogen (secondary N) is 1. The standard InChI is InChI=1S/C18H16Cl2N4O3S2/c1-11(24(29(2,26)27)15-5-3-4-14(20)10-15)16(25)21-18-23-22-17(28-18)12-6-8-13(19)9-7-12/h3-11H,1-2H3,(H,21,23,25)/t11-/m0/s1. The molecule has 0 radical (unpaired) electrons. The lowest BCUT2D eigenvalue weighted by Crippen LogP contribution is -2.45. The van der Waals surface area contributed by atoms with E-state index >= 15 is 0 Å². The number of hydrogen-bond acceptors (Lipinski definition) is 6. The van der Waals surface area contributed by atoms with Gasteiger partial charge in [0.15, 0.2) is 0 Å². The van der Waals surface area contributed by atoms with Crippen LogP contribution in [-0.4, -0.2) is 36.8 Å². The summed E-state index contributed by atoms with van der Waals surface area (Å²) in [5, 5.41) is 12.4. The van der Waals surface area contributed by atoms with E-state index in [1.165, 1.54) is 24.3 Å². The monoisotopic (exact) mass is 470 g/mol. The SMILES string of the molecule is C[C@@H](C(=O)Nc1nnc(-c2ccc(Cl)cc2)s1)N(c1cccc(Cl)c1)S(C)(=O)=O. The Morgan fingerprint density at radius 1 is 1.10 bits per heavy atom. The third-order valence-electron chi connectivity index (χ3n) is 3.90. The van der Waals surface area contributed by atoms with E-state index in [2.05, 4.69) is 15.5 Å². The molecule has 1 aromatic heterocycles. The second kappa shape index (κ2) is 8.66. The largest absolute Gasteiger partial charge is 0.299 e. The van der Waals surface area contributed by atoms with Crippen LogP contribution in [0.15, 0.2) is 48.5 Å². The van der Waals surface area contributed by atoms with E-state index in [0.717, 1.165) is 16.1 Å². The molecule has 0 spiro atoms. The summed E-state index contributed by atoms with van der Waals surface area (Å²) in [6, 6.07) is 12.3. The first-order valence-corrected chi connectivity index (χ1v) is 11.7. The van der Waals surface area contributed by atoms with Gasteiger partial charge in [-0.15, -0.1) is 10.2 Å². The van der Waals surface area contributed by atoms with Crippen LogP contribution in [0.5, 0.6) is 0 Å². The first-order valence-electron chi connectivity index (χ1n) is 8.30. The lowest BCUT2D eigenvalue weighted by molar-refractivity contribution is -0.116. The molecule has 0 aliphatic rings. The van der Waals surface area contributed by atoms with Crippen molar-refractivity contribution in [1.29, 1.82) is 0 Å². The van der Waals surface area contributed by atoms with Crippen molar-refractivity contribution in [2.75, 3.05) is 15.9 Å². The second-order valence-corrected chi connectivity index (χ2v) is 9.83. The summed E-state index contributed by atoms with van der Waals surface area (Å²) < 4.78 is 25.7. The normalized spacial score (nSPS) is 12.4. The van der Waals surface area contributed by atoms with Gasteiger partial charge in [0, 0.05) is 15.6 Å². The maximum absolute atomic E-state index is 12.7. The Morgan fingerprint density at radius 3 is 2.41 bits per heavy atom. The fourth-order valence-electron chi connectivity index (χ4n) is 2.61. The molecule has 11 heteroatoms. The average Bonchev–Trinajstić information content (AvgIpc) is 3.09. The molecule has 0 aliphatic heterocycles. The lowest BCUT2D eigenvalue weighted by Gasteiger charge is -2.27. The molecule has 1 N–H and O–H groups in total. The van der Waals surface area contributed by atoms with Crippen molar-refractivity contribution in [2.45, 2.75) is 13.0 Å². The van der Waals surface area contributed by atoms with Crippen LogP contribution in [-0.2, 0) is 14.8 Å². The van der Waals surface area contributed by atoms with E-state index in [1.54, 1.807) is 42.5 Å². The predicted molar refractivity (Wildman–Crippen MR) is 117 cm³/mol. The Kier molecular flexibility index (Phi) is 6.42. The maximum atomic E-state index is 12.7. The van der Waals surface area contributed by atoms with Crippen molar-refractivity contribution in [2.24, 2.45) is 0 Å². The van der Waals surface area contributed by atoms with Crippen LogP contribution >= 0.6 is 34.5 Å². The van der Waals surface area contributed by atoms with Gasteiger partial charge in [0.2, 0.25) is 21.1 Å². The summed E-state index contributed by atoms with van der Waals surface area (Å²) >= 11 is 13.0. The predicted octanol–water partition coefficient (Wildman–Crippen LogP) is 4.31. The zero-order chi connectivity index (χ0) is 21.2. The third kappa shape index (κ3) is 5.24. The molecule has 2 aromatic carbocycles. The van der Waals surface area contributed by atoms with Crippen LogP contribution in [0, 0.1) is 0 Å². The molecule has 0 aliphatic carbocycles. The zero-order valence-electron chi connectivity index (χ0n) is 15.3. The van der Waals surface area contributed by atoms with Crippen molar-refractivity contribution in [3.63, 3.8) is 0 Å². The van der Waals surface area contributed by atoms with E-state index in [9.17, 15) is 13.2 Å². The summed E-state index contributed by atoms with van der Waals surface area (Å²) in [5.41, 5.74) is 1.10. The average molecular weight is 471 g/mol. The molecule has 1 atom stereocenters. The van der Waals surface area contributed by atoms with E-state index in [4.69, 9.17) is 23.2 Å². The first-order chi connectivity index (χ1) is 13.6. The van der Waals surface area contributed by atoms with Crippen LogP contribution in [0.25, 0.3) is 10.6 Å². The summed E-state index contributed by atoms with van der Waals surface area (Å²) in [6.45, 7) is 1.48. The number of rotatable bonds is 6. The van der Waals surface area contributed by atoms with Gasteiger partial charge in [0.05, 0.1) is 11.9 Å². The van der Waals surface area contributed by atoms with Crippen molar-refractivity contribution < 1.29 is 13.2 Å². The van der Waals surface area contributed by atoms with E-state index in [0.29, 0.717) is 20.7 Å². The zero-order valence-corrected chi connectivity index (χ0v) is 18.5. The molecule has 152 valence electrons. The number of anilines is 2. The van der Waals surface area contributed by atoms with E-state index in [1.807, 2.05) is 0 Å². The Labute approximate surface area is 182 Å². The van der Waals surface area contributed by atoms with Gasteiger partial charge in [-0.05, 0) is 37.3 Å². The quantitative estimate of drug-likeness (QED) is 0.579. The smallest absolute Gasteiger partial charge is 0.249 e.